The van der Waals surface area contributed by atoms with Crippen LogP contribution in [0.2, 0.25) is 0 Å². The van der Waals surface area contributed by atoms with Crippen LogP contribution in [-0.2, 0) is 19.5 Å². The van der Waals surface area contributed by atoms with Crippen LogP contribution in [0.15, 0.2) is 35.4 Å². The Kier molecular flexibility index (Phi) is 4.83. The van der Waals surface area contributed by atoms with Crippen LogP contribution in [0, 0.1) is 6.92 Å². The van der Waals surface area contributed by atoms with Gasteiger partial charge in [0.2, 0.25) is 0 Å². The molecule has 1 amide bonds. The van der Waals surface area contributed by atoms with E-state index in [1.807, 2.05) is 24.0 Å². The van der Waals surface area contributed by atoms with Gasteiger partial charge in [0.1, 0.15) is 4.83 Å². The van der Waals surface area contributed by atoms with Crippen molar-refractivity contribution in [3.05, 3.63) is 62.5 Å². The van der Waals surface area contributed by atoms with Crippen molar-refractivity contribution in [3.8, 4) is 0 Å². The number of aryl methyl sites for hydroxylation is 2. The maximum atomic E-state index is 13.2. The zero-order valence-electron chi connectivity index (χ0n) is 15.7. The molecule has 1 aliphatic rings. The van der Waals surface area contributed by atoms with Crippen molar-refractivity contribution in [2.75, 3.05) is 6.54 Å². The molecule has 6 heteroatoms. The van der Waals surface area contributed by atoms with E-state index < -0.39 is 0 Å². The highest BCUT2D eigenvalue weighted by Crippen LogP contribution is 2.29. The summed E-state index contributed by atoms with van der Waals surface area (Å²) in [5.74, 6) is 0.00418. The summed E-state index contributed by atoms with van der Waals surface area (Å²) < 4.78 is 1.66. The molecule has 0 radical (unpaired) electrons. The van der Waals surface area contributed by atoms with Crippen LogP contribution in [0.3, 0.4) is 0 Å². The predicted molar refractivity (Wildman–Crippen MR) is 108 cm³/mol. The number of fused-ring (bicyclic) bond motifs is 2. The van der Waals surface area contributed by atoms with Crippen LogP contribution in [0.4, 0.5) is 0 Å². The molecule has 27 heavy (non-hydrogen) atoms. The quantitative estimate of drug-likeness (QED) is 0.691. The number of benzene rings is 1. The van der Waals surface area contributed by atoms with Crippen molar-refractivity contribution in [2.24, 2.45) is 0 Å². The number of thiophene rings is 1. The molecule has 0 bridgehead atoms. The van der Waals surface area contributed by atoms with Gasteiger partial charge in [-0.25, -0.2) is 4.98 Å². The second kappa shape index (κ2) is 7.27. The van der Waals surface area contributed by atoms with Gasteiger partial charge in [-0.15, -0.1) is 11.3 Å². The van der Waals surface area contributed by atoms with Gasteiger partial charge in [0.15, 0.2) is 0 Å². The van der Waals surface area contributed by atoms with Gasteiger partial charge in [-0.05, 0) is 36.5 Å². The molecule has 1 aliphatic heterocycles. The van der Waals surface area contributed by atoms with E-state index in [0.29, 0.717) is 34.7 Å². The Labute approximate surface area is 162 Å². The maximum absolute atomic E-state index is 13.2. The SMILES string of the molecule is CCCCn1cnc2sc(C(=O)N3CCc4ccccc4C3)c(C)c2c1=O. The summed E-state index contributed by atoms with van der Waals surface area (Å²) >= 11 is 1.34. The van der Waals surface area contributed by atoms with Crippen molar-refractivity contribution >= 4 is 27.5 Å². The van der Waals surface area contributed by atoms with E-state index in [4.69, 9.17) is 0 Å². The van der Waals surface area contributed by atoms with E-state index in [1.54, 1.807) is 10.9 Å². The average Bonchev–Trinajstić information content (AvgIpc) is 3.03. The molecule has 0 unspecified atom stereocenters. The Morgan fingerprint density at radius 1 is 1.26 bits per heavy atom. The molecule has 2 aromatic heterocycles. The maximum Gasteiger partial charge on any atom is 0.264 e. The number of hydrogen-bond donors (Lipinski definition) is 0. The largest absolute Gasteiger partial charge is 0.333 e. The van der Waals surface area contributed by atoms with Gasteiger partial charge in [0.05, 0.1) is 16.6 Å². The van der Waals surface area contributed by atoms with E-state index in [1.165, 1.54) is 22.5 Å². The minimum Gasteiger partial charge on any atom is -0.333 e. The number of aromatic nitrogens is 2. The smallest absolute Gasteiger partial charge is 0.264 e. The van der Waals surface area contributed by atoms with Gasteiger partial charge >= 0.3 is 0 Å². The first-order valence-corrected chi connectivity index (χ1v) is 10.3. The number of carbonyl (C=O) groups excluding carboxylic acids is 1. The number of amides is 1. The van der Waals surface area contributed by atoms with Gasteiger partial charge in [-0.3, -0.25) is 14.2 Å². The molecule has 0 saturated heterocycles. The highest BCUT2D eigenvalue weighted by molar-refractivity contribution is 7.20. The number of unbranched alkanes of at least 4 members (excludes halogenated alkanes) is 1. The lowest BCUT2D eigenvalue weighted by Gasteiger charge is -2.28. The molecule has 0 spiro atoms. The monoisotopic (exact) mass is 381 g/mol. The summed E-state index contributed by atoms with van der Waals surface area (Å²) in [4.78, 5) is 33.6. The van der Waals surface area contributed by atoms with Crippen molar-refractivity contribution in [2.45, 2.75) is 46.2 Å². The van der Waals surface area contributed by atoms with E-state index in [-0.39, 0.29) is 11.5 Å². The highest BCUT2D eigenvalue weighted by Gasteiger charge is 2.26. The normalized spacial score (nSPS) is 13.8. The van der Waals surface area contributed by atoms with Crippen molar-refractivity contribution in [1.82, 2.24) is 14.5 Å². The Hall–Kier alpha value is -2.47. The lowest BCUT2D eigenvalue weighted by atomic mass is 9.99. The lowest BCUT2D eigenvalue weighted by Crippen LogP contribution is -2.35. The van der Waals surface area contributed by atoms with Crippen LogP contribution in [0.1, 0.15) is 46.1 Å². The molecule has 4 rings (SSSR count). The minimum atomic E-state index is -0.0368. The third-order valence-electron chi connectivity index (χ3n) is 5.28. The van der Waals surface area contributed by atoms with Crippen LogP contribution in [0.25, 0.3) is 10.2 Å². The summed E-state index contributed by atoms with van der Waals surface area (Å²) in [7, 11) is 0. The standard InChI is InChI=1S/C21H23N3O2S/c1-3-4-10-24-13-22-19-17(20(24)25)14(2)18(27-19)21(26)23-11-9-15-7-5-6-8-16(15)12-23/h5-8,13H,3-4,9-12H2,1-2H3. The third-order valence-corrected chi connectivity index (χ3v) is 6.47. The average molecular weight is 382 g/mol. The summed E-state index contributed by atoms with van der Waals surface area (Å²) in [6, 6.07) is 8.27. The van der Waals surface area contributed by atoms with Gasteiger partial charge in [-0.2, -0.15) is 0 Å². The molecular weight excluding hydrogens is 358 g/mol. The predicted octanol–water partition coefficient (Wildman–Crippen LogP) is 3.77. The molecule has 5 nitrogen and oxygen atoms in total. The first-order valence-electron chi connectivity index (χ1n) is 9.44. The molecule has 0 aliphatic carbocycles. The lowest BCUT2D eigenvalue weighted by molar-refractivity contribution is 0.0739. The van der Waals surface area contributed by atoms with E-state index in [9.17, 15) is 9.59 Å². The van der Waals surface area contributed by atoms with Crippen LogP contribution in [-0.4, -0.2) is 26.9 Å². The molecule has 3 aromatic rings. The van der Waals surface area contributed by atoms with Gasteiger partial charge in [-0.1, -0.05) is 37.6 Å². The second-order valence-corrected chi connectivity index (χ2v) is 8.08. The molecular formula is C21H23N3O2S. The van der Waals surface area contributed by atoms with E-state index in [2.05, 4.69) is 24.0 Å². The zero-order chi connectivity index (χ0) is 19.0. The van der Waals surface area contributed by atoms with Crippen molar-refractivity contribution < 1.29 is 4.79 Å². The van der Waals surface area contributed by atoms with Crippen molar-refractivity contribution in [3.63, 3.8) is 0 Å². The Balaban J connectivity index is 1.68. The summed E-state index contributed by atoms with van der Waals surface area (Å²) in [6.07, 6.45) is 4.44. The molecule has 0 N–H and O–H groups in total. The fourth-order valence-electron chi connectivity index (χ4n) is 3.66. The third kappa shape index (κ3) is 3.18. The van der Waals surface area contributed by atoms with E-state index in [0.717, 1.165) is 24.8 Å². The fraction of sp³-hybridized carbons (Fsp3) is 0.381. The first kappa shape index (κ1) is 17.9. The molecule has 1 aromatic carbocycles. The molecule has 3 heterocycles. The van der Waals surface area contributed by atoms with Crippen molar-refractivity contribution in [1.29, 1.82) is 0 Å². The fourth-order valence-corrected chi connectivity index (χ4v) is 4.77. The highest BCUT2D eigenvalue weighted by atomic mass is 32.1. The molecule has 0 fully saturated rings. The van der Waals surface area contributed by atoms with Gasteiger partial charge < -0.3 is 4.90 Å². The number of nitrogens with zero attached hydrogens (tertiary/aromatic N) is 3. The Morgan fingerprint density at radius 2 is 2.04 bits per heavy atom. The second-order valence-electron chi connectivity index (χ2n) is 7.08. The Bertz CT molecular complexity index is 1070. The van der Waals surface area contributed by atoms with Crippen LogP contribution in [0.5, 0.6) is 0 Å². The molecule has 0 saturated carbocycles. The van der Waals surface area contributed by atoms with Gasteiger partial charge in [0.25, 0.3) is 11.5 Å². The summed E-state index contributed by atoms with van der Waals surface area (Å²) in [5.41, 5.74) is 3.25. The number of hydrogen-bond acceptors (Lipinski definition) is 4. The Morgan fingerprint density at radius 3 is 2.81 bits per heavy atom. The van der Waals surface area contributed by atoms with E-state index >= 15 is 0 Å². The molecule has 0 atom stereocenters. The van der Waals surface area contributed by atoms with Crippen LogP contribution >= 0.6 is 11.3 Å². The summed E-state index contributed by atoms with van der Waals surface area (Å²) in [5, 5.41) is 0.597. The van der Waals surface area contributed by atoms with Gasteiger partial charge in [0, 0.05) is 19.6 Å². The zero-order valence-corrected chi connectivity index (χ0v) is 16.5. The minimum absolute atomic E-state index is 0.00418. The van der Waals surface area contributed by atoms with Crippen LogP contribution < -0.4 is 5.56 Å². The first-order chi connectivity index (χ1) is 13.1. The molecule has 140 valence electrons. The summed E-state index contributed by atoms with van der Waals surface area (Å²) in [6.45, 7) is 5.96. The number of rotatable bonds is 4. The topological polar surface area (TPSA) is 55.2 Å². The number of carbonyl (C=O) groups is 1.